The number of nitrogens with zero attached hydrogens (tertiary/aromatic N) is 1. The maximum Gasteiger partial charge on any atom is 0.241 e. The van der Waals surface area contributed by atoms with Gasteiger partial charge in [-0.25, -0.2) is 8.42 Å². The van der Waals surface area contributed by atoms with E-state index in [4.69, 9.17) is 4.74 Å². The van der Waals surface area contributed by atoms with Crippen molar-refractivity contribution in [3.63, 3.8) is 0 Å². The molecule has 2 aromatic carbocycles. The Labute approximate surface area is 185 Å². The predicted octanol–water partition coefficient (Wildman–Crippen LogP) is 4.00. The first-order valence-corrected chi connectivity index (χ1v) is 12.8. The average Bonchev–Trinajstić information content (AvgIpc) is 2.75. The van der Waals surface area contributed by atoms with Crippen molar-refractivity contribution in [3.8, 4) is 5.75 Å². The lowest BCUT2D eigenvalue weighted by Gasteiger charge is -2.26. The summed E-state index contributed by atoms with van der Waals surface area (Å²) < 4.78 is 31.7. The maximum atomic E-state index is 12.9. The Morgan fingerprint density at radius 3 is 2.48 bits per heavy atom. The Hall–Kier alpha value is -2.54. The number of carbonyl (C=O) groups excluding carboxylic acids is 1. The number of sulfonamides is 1. The number of ether oxygens (including phenoxy) is 1. The van der Waals surface area contributed by atoms with Gasteiger partial charge in [-0.3, -0.25) is 9.10 Å². The summed E-state index contributed by atoms with van der Waals surface area (Å²) in [5.74, 6) is 0.0891. The van der Waals surface area contributed by atoms with E-state index in [1.807, 2.05) is 13.8 Å². The van der Waals surface area contributed by atoms with E-state index in [1.165, 1.54) is 24.0 Å². The number of rotatable bonds is 9. The standard InChI is InChI=1S/C24H32N2O4S/c1-4-21(20-15-14-18-10-6-7-11-19(18)16-20)25-24(27)17-26(31(3,28)29)22-12-8-9-13-23(22)30-5-2/h8-9,12-16,21H,4-7,10-11,17H2,1-3H3,(H,25,27). The molecule has 1 aliphatic carbocycles. The van der Waals surface area contributed by atoms with Gasteiger partial charge in [0.15, 0.2) is 0 Å². The molecule has 0 spiro atoms. The first-order chi connectivity index (χ1) is 14.8. The molecule has 0 radical (unpaired) electrons. The molecule has 3 rings (SSSR count). The average molecular weight is 445 g/mol. The number of aryl methyl sites for hydroxylation is 2. The van der Waals surface area contributed by atoms with Crippen LogP contribution in [0.2, 0.25) is 0 Å². The van der Waals surface area contributed by atoms with Crippen molar-refractivity contribution in [2.45, 2.75) is 52.0 Å². The molecular weight excluding hydrogens is 412 g/mol. The lowest BCUT2D eigenvalue weighted by molar-refractivity contribution is -0.120. The van der Waals surface area contributed by atoms with Crippen molar-refractivity contribution in [2.24, 2.45) is 0 Å². The van der Waals surface area contributed by atoms with Crippen molar-refractivity contribution in [1.82, 2.24) is 5.32 Å². The second-order valence-corrected chi connectivity index (χ2v) is 9.84. The van der Waals surface area contributed by atoms with E-state index in [0.29, 0.717) is 18.0 Å². The second-order valence-electron chi connectivity index (χ2n) is 7.93. The van der Waals surface area contributed by atoms with E-state index in [2.05, 4.69) is 23.5 Å². The highest BCUT2D eigenvalue weighted by Crippen LogP contribution is 2.30. The van der Waals surface area contributed by atoms with Crippen LogP contribution in [0.5, 0.6) is 5.75 Å². The Kier molecular flexibility index (Phi) is 7.59. The molecule has 2 aromatic rings. The van der Waals surface area contributed by atoms with E-state index in [0.717, 1.165) is 35.4 Å². The van der Waals surface area contributed by atoms with Gasteiger partial charge in [0.05, 0.1) is 24.6 Å². The van der Waals surface area contributed by atoms with Gasteiger partial charge >= 0.3 is 0 Å². The molecule has 0 aromatic heterocycles. The monoisotopic (exact) mass is 444 g/mol. The zero-order valence-electron chi connectivity index (χ0n) is 18.6. The molecule has 0 bridgehead atoms. The summed E-state index contributed by atoms with van der Waals surface area (Å²) in [5.41, 5.74) is 4.19. The summed E-state index contributed by atoms with van der Waals surface area (Å²) >= 11 is 0. The van der Waals surface area contributed by atoms with E-state index in [-0.39, 0.29) is 18.5 Å². The Balaban J connectivity index is 1.79. The fourth-order valence-electron chi connectivity index (χ4n) is 4.08. The van der Waals surface area contributed by atoms with E-state index in [1.54, 1.807) is 24.3 Å². The minimum atomic E-state index is -3.68. The van der Waals surface area contributed by atoms with Crippen molar-refractivity contribution < 1.29 is 17.9 Å². The van der Waals surface area contributed by atoms with E-state index >= 15 is 0 Å². The molecule has 1 atom stereocenters. The number of hydrogen-bond acceptors (Lipinski definition) is 4. The molecule has 1 aliphatic rings. The van der Waals surface area contributed by atoms with Gasteiger partial charge in [0, 0.05) is 0 Å². The van der Waals surface area contributed by atoms with Crippen LogP contribution in [0, 0.1) is 0 Å². The first kappa shape index (κ1) is 23.1. The van der Waals surface area contributed by atoms with Gasteiger partial charge in [-0.2, -0.15) is 0 Å². The van der Waals surface area contributed by atoms with Gasteiger partial charge in [0.1, 0.15) is 12.3 Å². The van der Waals surface area contributed by atoms with E-state index in [9.17, 15) is 13.2 Å². The number of nitrogens with one attached hydrogen (secondary N) is 1. The lowest BCUT2D eigenvalue weighted by Crippen LogP contribution is -2.41. The highest BCUT2D eigenvalue weighted by Gasteiger charge is 2.25. The summed E-state index contributed by atoms with van der Waals surface area (Å²) in [7, 11) is -3.68. The number of amides is 1. The topological polar surface area (TPSA) is 75.7 Å². The predicted molar refractivity (Wildman–Crippen MR) is 124 cm³/mol. The molecule has 1 amide bonds. The van der Waals surface area contributed by atoms with Gasteiger partial charge in [-0.15, -0.1) is 0 Å². The molecule has 0 heterocycles. The summed E-state index contributed by atoms with van der Waals surface area (Å²) in [4.78, 5) is 12.9. The number of para-hydroxylation sites is 2. The van der Waals surface area contributed by atoms with Crippen molar-refractivity contribution >= 4 is 21.6 Å². The van der Waals surface area contributed by atoms with Crippen molar-refractivity contribution in [1.29, 1.82) is 0 Å². The molecule has 6 nitrogen and oxygen atoms in total. The minimum Gasteiger partial charge on any atom is -0.492 e. The van der Waals surface area contributed by atoms with Crippen LogP contribution in [0.15, 0.2) is 42.5 Å². The van der Waals surface area contributed by atoms with Crippen LogP contribution >= 0.6 is 0 Å². The molecule has 0 saturated heterocycles. The SMILES string of the molecule is CCOc1ccccc1N(CC(=O)NC(CC)c1ccc2c(c1)CCCC2)S(C)(=O)=O. The number of benzene rings is 2. The molecule has 7 heteroatoms. The summed E-state index contributed by atoms with van der Waals surface area (Å²) in [6.07, 6.45) is 6.43. The van der Waals surface area contributed by atoms with Gasteiger partial charge in [0.25, 0.3) is 0 Å². The third-order valence-corrected chi connectivity index (χ3v) is 6.77. The highest BCUT2D eigenvalue weighted by molar-refractivity contribution is 7.92. The van der Waals surface area contributed by atoms with Crippen molar-refractivity contribution in [2.75, 3.05) is 23.7 Å². The number of fused-ring (bicyclic) bond motifs is 1. The van der Waals surface area contributed by atoms with Gasteiger partial charge in [0.2, 0.25) is 15.9 Å². The Morgan fingerprint density at radius 1 is 1.10 bits per heavy atom. The third-order valence-electron chi connectivity index (χ3n) is 5.64. The Bertz CT molecular complexity index is 1020. The summed E-state index contributed by atoms with van der Waals surface area (Å²) in [5, 5.41) is 3.03. The number of carbonyl (C=O) groups is 1. The fourth-order valence-corrected chi connectivity index (χ4v) is 4.94. The first-order valence-electron chi connectivity index (χ1n) is 10.9. The van der Waals surface area contributed by atoms with Gasteiger partial charge in [-0.05, 0) is 67.9 Å². The minimum absolute atomic E-state index is 0.164. The normalized spacial score (nSPS) is 14.4. The van der Waals surface area contributed by atoms with Gasteiger partial charge in [-0.1, -0.05) is 37.3 Å². The smallest absolute Gasteiger partial charge is 0.241 e. The summed E-state index contributed by atoms with van der Waals surface area (Å²) in [6.45, 7) is 3.95. The third kappa shape index (κ3) is 5.79. The number of anilines is 1. The molecule has 31 heavy (non-hydrogen) atoms. The van der Waals surface area contributed by atoms with Crippen LogP contribution in [0.4, 0.5) is 5.69 Å². The quantitative estimate of drug-likeness (QED) is 0.634. The maximum absolute atomic E-state index is 12.9. The van der Waals surface area contributed by atoms with Crippen LogP contribution in [0.25, 0.3) is 0 Å². The zero-order valence-corrected chi connectivity index (χ0v) is 19.4. The molecule has 168 valence electrons. The molecule has 0 fully saturated rings. The van der Waals surface area contributed by atoms with Crippen LogP contribution < -0.4 is 14.4 Å². The van der Waals surface area contributed by atoms with Crippen molar-refractivity contribution in [3.05, 3.63) is 59.2 Å². The molecular formula is C24H32N2O4S. The molecule has 0 aliphatic heterocycles. The molecule has 0 saturated carbocycles. The van der Waals surface area contributed by atoms with Gasteiger partial charge < -0.3 is 10.1 Å². The fraction of sp³-hybridized carbons (Fsp3) is 0.458. The highest BCUT2D eigenvalue weighted by atomic mass is 32.2. The van der Waals surface area contributed by atoms with Crippen LogP contribution in [-0.4, -0.2) is 33.7 Å². The summed E-state index contributed by atoms with van der Waals surface area (Å²) in [6, 6.07) is 13.1. The molecule has 1 unspecified atom stereocenters. The van der Waals surface area contributed by atoms with Crippen LogP contribution in [-0.2, 0) is 27.7 Å². The molecule has 1 N–H and O–H groups in total. The Morgan fingerprint density at radius 2 is 1.81 bits per heavy atom. The zero-order chi connectivity index (χ0) is 22.4. The van der Waals surface area contributed by atoms with Crippen LogP contribution in [0.1, 0.15) is 55.8 Å². The van der Waals surface area contributed by atoms with E-state index < -0.39 is 10.0 Å². The largest absolute Gasteiger partial charge is 0.492 e. The second kappa shape index (κ2) is 10.2. The number of hydrogen-bond donors (Lipinski definition) is 1. The van der Waals surface area contributed by atoms with Crippen LogP contribution in [0.3, 0.4) is 0 Å². The lowest BCUT2D eigenvalue weighted by atomic mass is 9.89.